The van der Waals surface area contributed by atoms with Crippen molar-refractivity contribution in [3.05, 3.63) is 58.9 Å². The SMILES string of the molecule is COCCOc1cccc(NCc2c(F)cccc2Cl)c1. The van der Waals surface area contributed by atoms with Crippen LogP contribution in [0.1, 0.15) is 5.56 Å². The van der Waals surface area contributed by atoms with Gasteiger partial charge in [0.05, 0.1) is 6.61 Å². The number of anilines is 1. The Labute approximate surface area is 128 Å². The zero-order chi connectivity index (χ0) is 15.1. The molecule has 2 aromatic carbocycles. The first-order valence-corrected chi connectivity index (χ1v) is 6.97. The largest absolute Gasteiger partial charge is 0.491 e. The fourth-order valence-electron chi connectivity index (χ4n) is 1.83. The van der Waals surface area contributed by atoms with Crippen LogP contribution in [0.4, 0.5) is 10.1 Å². The monoisotopic (exact) mass is 309 g/mol. The van der Waals surface area contributed by atoms with Gasteiger partial charge in [-0.15, -0.1) is 0 Å². The van der Waals surface area contributed by atoms with Crippen molar-refractivity contribution in [2.24, 2.45) is 0 Å². The average Bonchev–Trinajstić information content (AvgIpc) is 2.47. The predicted octanol–water partition coefficient (Wildman–Crippen LogP) is 4.12. The molecule has 0 atom stereocenters. The Morgan fingerprint density at radius 2 is 1.95 bits per heavy atom. The number of nitrogens with one attached hydrogen (secondary N) is 1. The molecule has 0 fully saturated rings. The minimum Gasteiger partial charge on any atom is -0.491 e. The van der Waals surface area contributed by atoms with Gasteiger partial charge in [-0.3, -0.25) is 0 Å². The fraction of sp³-hybridized carbons (Fsp3) is 0.250. The Balaban J connectivity index is 1.98. The van der Waals surface area contributed by atoms with Gasteiger partial charge in [0.25, 0.3) is 0 Å². The van der Waals surface area contributed by atoms with Gasteiger partial charge >= 0.3 is 0 Å². The molecule has 0 aliphatic rings. The number of ether oxygens (including phenoxy) is 2. The minimum atomic E-state index is -0.317. The number of benzene rings is 2. The lowest BCUT2D eigenvalue weighted by atomic mass is 10.2. The van der Waals surface area contributed by atoms with E-state index in [4.69, 9.17) is 21.1 Å². The summed E-state index contributed by atoms with van der Waals surface area (Å²) < 4.78 is 24.1. The van der Waals surface area contributed by atoms with E-state index in [1.165, 1.54) is 6.07 Å². The van der Waals surface area contributed by atoms with Crippen LogP contribution in [0.3, 0.4) is 0 Å². The maximum Gasteiger partial charge on any atom is 0.129 e. The summed E-state index contributed by atoms with van der Waals surface area (Å²) in [7, 11) is 1.62. The van der Waals surface area contributed by atoms with Gasteiger partial charge in [-0.2, -0.15) is 0 Å². The van der Waals surface area contributed by atoms with E-state index >= 15 is 0 Å². The van der Waals surface area contributed by atoms with Crippen molar-refractivity contribution in [1.82, 2.24) is 0 Å². The Hall–Kier alpha value is -1.78. The molecule has 2 rings (SSSR count). The Morgan fingerprint density at radius 3 is 2.71 bits per heavy atom. The van der Waals surface area contributed by atoms with Gasteiger partial charge in [0.15, 0.2) is 0 Å². The molecule has 0 heterocycles. The molecule has 0 bridgehead atoms. The predicted molar refractivity (Wildman–Crippen MR) is 82.5 cm³/mol. The van der Waals surface area contributed by atoms with Crippen molar-refractivity contribution in [3.63, 3.8) is 0 Å². The van der Waals surface area contributed by atoms with Crippen LogP contribution < -0.4 is 10.1 Å². The highest BCUT2D eigenvalue weighted by molar-refractivity contribution is 6.31. The molecule has 0 aromatic heterocycles. The summed E-state index contributed by atoms with van der Waals surface area (Å²) in [6, 6.07) is 12.1. The van der Waals surface area contributed by atoms with Gasteiger partial charge in [0, 0.05) is 36.0 Å². The standard InChI is InChI=1S/C16H17ClFNO2/c1-20-8-9-21-13-5-2-4-12(10-13)19-11-14-15(17)6-3-7-16(14)18/h2-7,10,19H,8-9,11H2,1H3. The summed E-state index contributed by atoms with van der Waals surface area (Å²) in [5.41, 5.74) is 1.29. The third-order valence-electron chi connectivity index (χ3n) is 2.92. The molecule has 0 aliphatic carbocycles. The topological polar surface area (TPSA) is 30.5 Å². The van der Waals surface area contributed by atoms with Crippen LogP contribution in [0.2, 0.25) is 5.02 Å². The second-order valence-corrected chi connectivity index (χ2v) is 4.83. The lowest BCUT2D eigenvalue weighted by Crippen LogP contribution is -2.05. The Morgan fingerprint density at radius 1 is 1.14 bits per heavy atom. The van der Waals surface area contributed by atoms with Crippen molar-refractivity contribution in [3.8, 4) is 5.75 Å². The number of hydrogen-bond donors (Lipinski definition) is 1. The maximum atomic E-state index is 13.7. The minimum absolute atomic E-state index is 0.313. The Bertz CT molecular complexity index is 572. The van der Waals surface area contributed by atoms with E-state index < -0.39 is 0 Å². The molecule has 0 unspecified atom stereocenters. The molecule has 3 nitrogen and oxygen atoms in total. The van der Waals surface area contributed by atoms with E-state index in [-0.39, 0.29) is 5.82 Å². The van der Waals surface area contributed by atoms with Crippen molar-refractivity contribution in [1.29, 1.82) is 0 Å². The number of rotatable bonds is 7. The highest BCUT2D eigenvalue weighted by Gasteiger charge is 2.06. The molecule has 1 N–H and O–H groups in total. The van der Waals surface area contributed by atoms with Crippen molar-refractivity contribution in [2.75, 3.05) is 25.6 Å². The first kappa shape index (κ1) is 15.6. The fourth-order valence-corrected chi connectivity index (χ4v) is 2.06. The first-order valence-electron chi connectivity index (χ1n) is 6.59. The van der Waals surface area contributed by atoms with Gasteiger partial charge < -0.3 is 14.8 Å². The number of hydrogen-bond acceptors (Lipinski definition) is 3. The summed E-state index contributed by atoms with van der Waals surface area (Å²) in [4.78, 5) is 0. The van der Waals surface area contributed by atoms with Gasteiger partial charge in [-0.1, -0.05) is 23.7 Å². The molecule has 2 aromatic rings. The summed E-state index contributed by atoms with van der Waals surface area (Å²) >= 11 is 5.99. The summed E-state index contributed by atoms with van der Waals surface area (Å²) in [6.07, 6.45) is 0. The van der Waals surface area contributed by atoms with E-state index in [9.17, 15) is 4.39 Å². The van der Waals surface area contributed by atoms with E-state index in [2.05, 4.69) is 5.32 Å². The molecular formula is C16H17ClFNO2. The molecule has 0 aliphatic heterocycles. The van der Waals surface area contributed by atoms with Crippen LogP contribution >= 0.6 is 11.6 Å². The molecule has 0 radical (unpaired) electrons. The van der Waals surface area contributed by atoms with Gasteiger partial charge in [-0.05, 0) is 24.3 Å². The lowest BCUT2D eigenvalue weighted by Gasteiger charge is -2.11. The third kappa shape index (κ3) is 4.62. The molecule has 0 amide bonds. The summed E-state index contributed by atoms with van der Waals surface area (Å²) in [5, 5.41) is 3.55. The van der Waals surface area contributed by atoms with Crippen molar-refractivity contribution >= 4 is 17.3 Å². The molecule has 21 heavy (non-hydrogen) atoms. The summed E-state index contributed by atoms with van der Waals surface area (Å²) in [5.74, 6) is 0.416. The smallest absolute Gasteiger partial charge is 0.129 e. The number of halogens is 2. The van der Waals surface area contributed by atoms with Gasteiger partial charge in [-0.25, -0.2) is 4.39 Å². The molecule has 5 heteroatoms. The van der Waals surface area contributed by atoms with Crippen LogP contribution in [0.15, 0.2) is 42.5 Å². The lowest BCUT2D eigenvalue weighted by molar-refractivity contribution is 0.146. The average molecular weight is 310 g/mol. The normalized spacial score (nSPS) is 10.4. The molecular weight excluding hydrogens is 293 g/mol. The van der Waals surface area contributed by atoms with Crippen LogP contribution in [-0.4, -0.2) is 20.3 Å². The zero-order valence-electron chi connectivity index (χ0n) is 11.7. The molecule has 0 saturated heterocycles. The van der Waals surface area contributed by atoms with E-state index in [1.807, 2.05) is 24.3 Å². The van der Waals surface area contributed by atoms with Crippen LogP contribution in [-0.2, 0) is 11.3 Å². The Kier molecular flexibility index (Phi) is 5.84. The second-order valence-electron chi connectivity index (χ2n) is 4.42. The van der Waals surface area contributed by atoms with Crippen LogP contribution in [0, 0.1) is 5.82 Å². The third-order valence-corrected chi connectivity index (χ3v) is 3.28. The number of methoxy groups -OCH3 is 1. The van der Waals surface area contributed by atoms with E-state index in [0.717, 1.165) is 11.4 Å². The second kappa shape index (κ2) is 7.86. The molecule has 0 spiro atoms. The first-order chi connectivity index (χ1) is 10.2. The van der Waals surface area contributed by atoms with Gasteiger partial charge in [0.2, 0.25) is 0 Å². The van der Waals surface area contributed by atoms with Crippen molar-refractivity contribution < 1.29 is 13.9 Å². The van der Waals surface area contributed by atoms with E-state index in [1.54, 1.807) is 19.2 Å². The van der Waals surface area contributed by atoms with Crippen LogP contribution in [0.25, 0.3) is 0 Å². The summed E-state index contributed by atoms with van der Waals surface area (Å²) in [6.45, 7) is 1.33. The molecule has 0 saturated carbocycles. The zero-order valence-corrected chi connectivity index (χ0v) is 12.5. The highest BCUT2D eigenvalue weighted by atomic mass is 35.5. The van der Waals surface area contributed by atoms with Crippen molar-refractivity contribution in [2.45, 2.75) is 6.54 Å². The molecule has 112 valence electrons. The van der Waals surface area contributed by atoms with E-state index in [0.29, 0.717) is 30.3 Å². The highest BCUT2D eigenvalue weighted by Crippen LogP contribution is 2.22. The quantitative estimate of drug-likeness (QED) is 0.781. The van der Waals surface area contributed by atoms with Gasteiger partial charge in [0.1, 0.15) is 18.2 Å². The van der Waals surface area contributed by atoms with Crippen LogP contribution in [0.5, 0.6) is 5.75 Å². The maximum absolute atomic E-state index is 13.7.